The molecule has 6 atom stereocenters. The maximum absolute atomic E-state index is 12.0. The largest absolute Gasteiger partial charge is 0.490 e. The van der Waals surface area contributed by atoms with E-state index in [0.29, 0.717) is 0 Å². The normalized spacial score (nSPS) is 26.8. The number of rotatable bonds is 8. The molecule has 0 radical (unpaired) electrons. The molecule has 38 heavy (non-hydrogen) atoms. The van der Waals surface area contributed by atoms with E-state index in [-0.39, 0.29) is 22.4 Å². The first-order chi connectivity index (χ1) is 17.3. The number of aromatic nitrogens is 3. The number of amides is 1. The Balaban J connectivity index is 1.86. The molecular weight excluding hydrogens is 583 g/mol. The molecule has 1 aliphatic rings. The molecular formula is C15H20N5O15P3. The molecule has 2 unspecified atom stereocenters. The van der Waals surface area contributed by atoms with Crippen molar-refractivity contribution in [3.63, 3.8) is 0 Å². The number of hydrogen-bond acceptors (Lipinski definition) is 13. The third-order valence-corrected chi connectivity index (χ3v) is 8.63. The Bertz CT molecular complexity index is 1440. The molecule has 10 N–H and O–H groups in total. The number of fused-ring (bicyclic) bond motifs is 1. The highest BCUT2D eigenvalue weighted by Gasteiger charge is 2.54. The number of aliphatic hydroxyl groups is 2. The number of nitrogens with zero attached hydrogens (tertiary/aromatic N) is 3. The van der Waals surface area contributed by atoms with Crippen LogP contribution >= 0.6 is 23.5 Å². The Morgan fingerprint density at radius 1 is 1.24 bits per heavy atom. The minimum Gasteiger partial charge on any atom is -0.464 e. The first-order valence-electron chi connectivity index (χ1n) is 9.78. The van der Waals surface area contributed by atoms with Gasteiger partial charge in [0.1, 0.15) is 35.6 Å². The summed E-state index contributed by atoms with van der Waals surface area (Å²) in [4.78, 5) is 54.6. The quantitative estimate of drug-likeness (QED) is 0.0986. The number of anilines is 1. The van der Waals surface area contributed by atoms with Crippen LogP contribution in [0.15, 0.2) is 12.5 Å². The number of nitrogen functional groups attached to an aromatic ring is 1. The molecule has 23 heteroatoms. The lowest BCUT2D eigenvalue weighted by Gasteiger charge is -2.27. The first kappa shape index (κ1) is 30.1. The van der Waals surface area contributed by atoms with Gasteiger partial charge in [-0.3, -0.25) is 4.52 Å². The molecule has 20 nitrogen and oxygen atoms in total. The van der Waals surface area contributed by atoms with Gasteiger partial charge in [-0.05, 0) is 12.8 Å². The number of ether oxygens (including phenoxy) is 1. The Hall–Kier alpha value is -2.46. The number of phosphoric acid groups is 3. The third kappa shape index (κ3) is 6.94. The SMILES string of the molecule is C[C@@]1(O)[C@H](O)[C@@H](COP(=O)(O)OP(=O)(O)OP(=O)(O)O)O[C@H]1n1cc(C#CNC(=O)O)c2c(N)ncnc21. The lowest BCUT2D eigenvalue weighted by Crippen LogP contribution is -2.44. The molecule has 1 fully saturated rings. The van der Waals surface area contributed by atoms with Gasteiger partial charge in [-0.2, -0.15) is 8.62 Å². The van der Waals surface area contributed by atoms with Gasteiger partial charge in [0.2, 0.25) is 0 Å². The first-order valence-corrected chi connectivity index (χ1v) is 14.3. The van der Waals surface area contributed by atoms with Gasteiger partial charge in [0, 0.05) is 12.2 Å². The average molecular weight is 603 g/mol. The van der Waals surface area contributed by atoms with Crippen LogP contribution in [0, 0.1) is 12.0 Å². The van der Waals surface area contributed by atoms with E-state index in [2.05, 4.69) is 35.1 Å². The fraction of sp³-hybridized carbons (Fsp3) is 0.400. The van der Waals surface area contributed by atoms with E-state index in [1.165, 1.54) is 10.8 Å². The molecule has 1 amide bonds. The van der Waals surface area contributed by atoms with Crippen molar-refractivity contribution in [1.82, 2.24) is 19.9 Å². The van der Waals surface area contributed by atoms with Gasteiger partial charge in [0.25, 0.3) is 0 Å². The van der Waals surface area contributed by atoms with Crippen molar-refractivity contribution in [3.8, 4) is 12.0 Å². The van der Waals surface area contributed by atoms with Gasteiger partial charge in [-0.25, -0.2) is 33.8 Å². The van der Waals surface area contributed by atoms with E-state index in [9.17, 15) is 38.5 Å². The van der Waals surface area contributed by atoms with Crippen LogP contribution in [0.25, 0.3) is 11.0 Å². The van der Waals surface area contributed by atoms with E-state index in [1.54, 1.807) is 0 Å². The van der Waals surface area contributed by atoms with Gasteiger partial charge >= 0.3 is 29.6 Å². The number of aliphatic hydroxyl groups excluding tert-OH is 1. The number of carbonyl (C=O) groups is 1. The highest BCUT2D eigenvalue weighted by atomic mass is 31.3. The topological polar surface area (TPSA) is 316 Å². The summed E-state index contributed by atoms with van der Waals surface area (Å²) in [6, 6.07) is 2.16. The summed E-state index contributed by atoms with van der Waals surface area (Å²) in [5.41, 5.74) is 3.86. The maximum atomic E-state index is 12.0. The molecule has 1 aliphatic heterocycles. The predicted octanol–water partition coefficient (Wildman–Crippen LogP) is -1.06. The lowest BCUT2D eigenvalue weighted by atomic mass is 9.96. The van der Waals surface area contributed by atoms with Crippen LogP contribution in [0.2, 0.25) is 0 Å². The van der Waals surface area contributed by atoms with Crippen LogP contribution in [0.3, 0.4) is 0 Å². The van der Waals surface area contributed by atoms with Gasteiger partial charge in [0.15, 0.2) is 6.23 Å². The monoisotopic (exact) mass is 603 g/mol. The molecule has 3 rings (SSSR count). The van der Waals surface area contributed by atoms with Crippen molar-refractivity contribution in [2.75, 3.05) is 12.3 Å². The van der Waals surface area contributed by atoms with E-state index in [4.69, 9.17) is 25.4 Å². The van der Waals surface area contributed by atoms with Gasteiger partial charge in [-0.1, -0.05) is 0 Å². The zero-order chi connectivity index (χ0) is 28.7. The molecule has 0 saturated carbocycles. The lowest BCUT2D eigenvalue weighted by molar-refractivity contribution is -0.0947. The summed E-state index contributed by atoms with van der Waals surface area (Å²) >= 11 is 0. The number of hydrogen-bond donors (Lipinski definition) is 9. The van der Waals surface area contributed by atoms with E-state index in [0.717, 1.165) is 13.3 Å². The number of carboxylic acid groups (broad SMARTS) is 1. The average Bonchev–Trinajstić information content (AvgIpc) is 3.19. The van der Waals surface area contributed by atoms with Crippen molar-refractivity contribution < 1.29 is 71.3 Å². The fourth-order valence-electron chi connectivity index (χ4n) is 3.38. The second-order valence-electron chi connectivity index (χ2n) is 7.67. The number of nitrogens with two attached hydrogens (primary N) is 1. The van der Waals surface area contributed by atoms with Gasteiger partial charge < -0.3 is 49.9 Å². The Morgan fingerprint density at radius 2 is 1.89 bits per heavy atom. The molecule has 0 bridgehead atoms. The maximum Gasteiger partial charge on any atom is 0.490 e. The minimum atomic E-state index is -5.78. The number of phosphoric ester groups is 1. The predicted molar refractivity (Wildman–Crippen MR) is 120 cm³/mol. The van der Waals surface area contributed by atoms with Crippen molar-refractivity contribution >= 4 is 46.4 Å². The molecule has 0 aliphatic carbocycles. The van der Waals surface area contributed by atoms with Crippen molar-refractivity contribution in [1.29, 1.82) is 0 Å². The third-order valence-electron chi connectivity index (χ3n) is 4.83. The zero-order valence-corrected chi connectivity index (χ0v) is 21.4. The summed E-state index contributed by atoms with van der Waals surface area (Å²) in [5.74, 6) is 2.41. The zero-order valence-electron chi connectivity index (χ0n) is 18.8. The Labute approximate surface area is 211 Å². The highest BCUT2D eigenvalue weighted by molar-refractivity contribution is 7.66. The second-order valence-corrected chi connectivity index (χ2v) is 12.1. The van der Waals surface area contributed by atoms with E-state index in [1.807, 2.05) is 5.32 Å². The fourth-order valence-corrected chi connectivity index (χ4v) is 6.41. The molecule has 2 aromatic heterocycles. The van der Waals surface area contributed by atoms with Crippen molar-refractivity contribution in [2.45, 2.75) is 31.0 Å². The minimum absolute atomic E-state index is 0.0307. The summed E-state index contributed by atoms with van der Waals surface area (Å²) in [5, 5.41) is 32.2. The van der Waals surface area contributed by atoms with Crippen LogP contribution in [0.5, 0.6) is 0 Å². The number of nitrogens with one attached hydrogen (secondary N) is 1. The summed E-state index contributed by atoms with van der Waals surface area (Å²) in [6.07, 6.45) is -4.04. The molecule has 0 aromatic carbocycles. The van der Waals surface area contributed by atoms with E-state index < -0.39 is 60.2 Å². The molecule has 210 valence electrons. The summed E-state index contributed by atoms with van der Waals surface area (Å²) < 4.78 is 52.7. The Morgan fingerprint density at radius 3 is 2.50 bits per heavy atom. The summed E-state index contributed by atoms with van der Waals surface area (Å²) in [6.45, 7) is 0.0733. The van der Waals surface area contributed by atoms with Gasteiger partial charge in [0.05, 0.1) is 17.6 Å². The second kappa shape index (κ2) is 10.6. The van der Waals surface area contributed by atoms with Crippen LogP contribution in [-0.2, 0) is 31.6 Å². The summed E-state index contributed by atoms with van der Waals surface area (Å²) in [7, 11) is -16.9. The Kier molecular flexibility index (Phi) is 8.39. The van der Waals surface area contributed by atoms with E-state index >= 15 is 0 Å². The van der Waals surface area contributed by atoms with Crippen LogP contribution in [-0.4, -0.2) is 79.9 Å². The molecule has 1 saturated heterocycles. The standard InChI is InChI=1S/C15H20N5O15P3/c1-15(24)10(21)8(5-32-37(28,29)35-38(30,31)34-36(25,26)27)33-13(15)20-4-7(2-3-17-14(22)23)9-11(16)18-6-19-12(9)20/h4,6,8,10,13,17,21,24H,5H2,1H3,(H,22,23)(H,28,29)(H,30,31)(H2,16,18,19)(H2,25,26,27)/t8-,10-,13-,15-/m1/s1. The van der Waals surface area contributed by atoms with Crippen molar-refractivity contribution in [3.05, 3.63) is 18.1 Å². The van der Waals surface area contributed by atoms with Crippen molar-refractivity contribution in [2.24, 2.45) is 0 Å². The van der Waals surface area contributed by atoms with Crippen LogP contribution < -0.4 is 11.1 Å². The highest BCUT2D eigenvalue weighted by Crippen LogP contribution is 2.66. The molecule has 0 spiro atoms. The molecule has 2 aromatic rings. The smallest absolute Gasteiger partial charge is 0.464 e. The van der Waals surface area contributed by atoms with Gasteiger partial charge in [-0.15, -0.1) is 0 Å². The van der Waals surface area contributed by atoms with Crippen LogP contribution in [0.1, 0.15) is 18.7 Å². The molecule has 3 heterocycles. The van der Waals surface area contributed by atoms with Crippen LogP contribution in [0.4, 0.5) is 10.6 Å².